The Kier molecular flexibility index (Phi) is 2.87. The monoisotopic (exact) mass is 217 g/mol. The highest BCUT2D eigenvalue weighted by Gasteiger charge is 2.06. The molecular weight excluding hydrogens is 206 g/mol. The molecule has 0 aliphatic rings. The first-order valence-corrected chi connectivity index (χ1v) is 5.75. The van der Waals surface area contributed by atoms with Crippen LogP contribution in [-0.2, 0) is 0 Å². The van der Waals surface area contributed by atoms with E-state index in [4.69, 9.17) is 5.73 Å². The van der Waals surface area contributed by atoms with Crippen molar-refractivity contribution < 1.29 is 0 Å². The molecule has 2 N–H and O–H groups in total. The lowest BCUT2D eigenvalue weighted by molar-refractivity contribution is 1.12. The summed E-state index contributed by atoms with van der Waals surface area (Å²) in [4.78, 5) is 9.28. The number of hydrogen-bond donors (Lipinski definition) is 1. The maximum Gasteiger partial charge on any atom is 0.220 e. The predicted molar refractivity (Wildman–Crippen MR) is 63.7 cm³/mol. The Bertz CT molecular complexity index is 457. The highest BCUT2D eigenvalue weighted by atomic mass is 32.2. The Balaban J connectivity index is 2.56. The van der Waals surface area contributed by atoms with Crippen LogP contribution in [0.2, 0.25) is 0 Å². The summed E-state index contributed by atoms with van der Waals surface area (Å²) in [7, 11) is 0. The molecule has 0 aliphatic heterocycles. The minimum Gasteiger partial charge on any atom is -0.368 e. The molecule has 0 unspecified atom stereocenters. The number of aromatic nitrogens is 2. The van der Waals surface area contributed by atoms with E-state index < -0.39 is 0 Å². The van der Waals surface area contributed by atoms with Crippen molar-refractivity contribution in [2.45, 2.75) is 4.90 Å². The molecular formula is C11H11N3S. The van der Waals surface area contributed by atoms with Gasteiger partial charge >= 0.3 is 0 Å². The molecule has 0 spiro atoms. The molecule has 4 heteroatoms. The van der Waals surface area contributed by atoms with Gasteiger partial charge in [-0.15, -0.1) is 11.8 Å². The van der Waals surface area contributed by atoms with Gasteiger partial charge in [-0.2, -0.15) is 0 Å². The van der Waals surface area contributed by atoms with E-state index in [-0.39, 0.29) is 0 Å². The summed E-state index contributed by atoms with van der Waals surface area (Å²) in [6.07, 6.45) is 3.76. The number of nitrogen functional groups attached to an aromatic ring is 1. The van der Waals surface area contributed by atoms with Crippen molar-refractivity contribution in [3.8, 4) is 11.3 Å². The van der Waals surface area contributed by atoms with Crippen molar-refractivity contribution in [2.24, 2.45) is 0 Å². The molecule has 0 aliphatic carbocycles. The summed E-state index contributed by atoms with van der Waals surface area (Å²) in [6, 6.07) is 9.98. The Morgan fingerprint density at radius 1 is 1.20 bits per heavy atom. The minimum atomic E-state index is 0.312. The quantitative estimate of drug-likeness (QED) is 0.785. The van der Waals surface area contributed by atoms with E-state index in [1.54, 1.807) is 18.0 Å². The Morgan fingerprint density at radius 3 is 2.60 bits per heavy atom. The molecule has 3 nitrogen and oxygen atoms in total. The number of nitrogens with two attached hydrogens (primary N) is 1. The highest BCUT2D eigenvalue weighted by molar-refractivity contribution is 7.98. The van der Waals surface area contributed by atoms with Gasteiger partial charge in [0.25, 0.3) is 0 Å². The lowest BCUT2D eigenvalue weighted by atomic mass is 10.1. The van der Waals surface area contributed by atoms with Crippen LogP contribution in [0.3, 0.4) is 0 Å². The lowest BCUT2D eigenvalue weighted by Gasteiger charge is -2.06. The second-order valence-electron chi connectivity index (χ2n) is 3.01. The molecule has 1 aromatic heterocycles. The zero-order valence-electron chi connectivity index (χ0n) is 8.34. The average Bonchev–Trinajstić information content (AvgIpc) is 2.30. The van der Waals surface area contributed by atoms with Crippen molar-refractivity contribution >= 4 is 17.7 Å². The summed E-state index contributed by atoms with van der Waals surface area (Å²) < 4.78 is 0. The Labute approximate surface area is 92.8 Å². The zero-order valence-corrected chi connectivity index (χ0v) is 9.16. The third-order valence-electron chi connectivity index (χ3n) is 2.04. The van der Waals surface area contributed by atoms with Gasteiger partial charge in [0, 0.05) is 11.8 Å². The van der Waals surface area contributed by atoms with Gasteiger partial charge in [-0.3, -0.25) is 0 Å². The molecule has 0 radical (unpaired) electrons. The minimum absolute atomic E-state index is 0.312. The summed E-state index contributed by atoms with van der Waals surface area (Å²) in [5.74, 6) is 0.312. The van der Waals surface area contributed by atoms with Gasteiger partial charge in [-0.25, -0.2) is 9.97 Å². The van der Waals surface area contributed by atoms with Crippen LogP contribution < -0.4 is 5.73 Å². The van der Waals surface area contributed by atoms with Gasteiger partial charge in [-0.1, -0.05) is 30.3 Å². The number of anilines is 1. The van der Waals surface area contributed by atoms with Gasteiger partial charge in [0.1, 0.15) is 0 Å². The normalized spacial score (nSPS) is 10.2. The smallest absolute Gasteiger partial charge is 0.220 e. The van der Waals surface area contributed by atoms with Crippen LogP contribution in [0.1, 0.15) is 0 Å². The lowest BCUT2D eigenvalue weighted by Crippen LogP contribution is -1.97. The number of nitrogens with zero attached hydrogens (tertiary/aromatic N) is 2. The van der Waals surface area contributed by atoms with Gasteiger partial charge in [0.2, 0.25) is 5.95 Å². The van der Waals surface area contributed by atoms with E-state index in [2.05, 4.69) is 9.97 Å². The largest absolute Gasteiger partial charge is 0.368 e. The van der Waals surface area contributed by atoms with Crippen LogP contribution in [0, 0.1) is 0 Å². The van der Waals surface area contributed by atoms with E-state index in [9.17, 15) is 0 Å². The fourth-order valence-electron chi connectivity index (χ4n) is 1.34. The molecule has 2 rings (SSSR count). The molecule has 0 fully saturated rings. The van der Waals surface area contributed by atoms with E-state index in [1.807, 2.05) is 36.6 Å². The maximum absolute atomic E-state index is 5.59. The van der Waals surface area contributed by atoms with E-state index >= 15 is 0 Å². The first kappa shape index (κ1) is 9.98. The van der Waals surface area contributed by atoms with E-state index in [1.165, 1.54) is 0 Å². The average molecular weight is 217 g/mol. The third-order valence-corrected chi connectivity index (χ3v) is 2.78. The van der Waals surface area contributed by atoms with Crippen LogP contribution in [0.4, 0.5) is 5.95 Å². The second kappa shape index (κ2) is 4.31. The van der Waals surface area contributed by atoms with Gasteiger partial charge in [-0.05, 0) is 6.26 Å². The number of thioether (sulfide) groups is 1. The van der Waals surface area contributed by atoms with Crippen molar-refractivity contribution in [3.05, 3.63) is 36.5 Å². The molecule has 0 saturated heterocycles. The molecule has 0 saturated carbocycles. The van der Waals surface area contributed by atoms with Crippen LogP contribution in [-0.4, -0.2) is 16.2 Å². The molecule has 0 bridgehead atoms. The van der Waals surface area contributed by atoms with Crippen LogP contribution >= 0.6 is 11.8 Å². The summed E-state index contributed by atoms with van der Waals surface area (Å²) >= 11 is 1.62. The van der Waals surface area contributed by atoms with Gasteiger partial charge in [0.05, 0.1) is 10.6 Å². The topological polar surface area (TPSA) is 51.8 Å². The number of hydrogen-bond acceptors (Lipinski definition) is 4. The van der Waals surface area contributed by atoms with Crippen LogP contribution in [0.15, 0.2) is 41.4 Å². The number of benzene rings is 1. The van der Waals surface area contributed by atoms with Crippen molar-refractivity contribution in [1.82, 2.24) is 9.97 Å². The van der Waals surface area contributed by atoms with Crippen LogP contribution in [0.5, 0.6) is 0 Å². The SMILES string of the molecule is CSc1cnc(N)nc1-c1ccccc1. The van der Waals surface area contributed by atoms with E-state index in [0.29, 0.717) is 5.95 Å². The fourth-order valence-corrected chi connectivity index (χ4v) is 1.85. The predicted octanol–water partition coefficient (Wildman–Crippen LogP) is 2.45. The maximum atomic E-state index is 5.59. The first-order valence-electron chi connectivity index (χ1n) is 4.53. The van der Waals surface area contributed by atoms with Crippen molar-refractivity contribution in [3.63, 3.8) is 0 Å². The molecule has 0 atom stereocenters. The molecule has 76 valence electrons. The van der Waals surface area contributed by atoms with Crippen molar-refractivity contribution in [2.75, 3.05) is 12.0 Å². The Hall–Kier alpha value is -1.55. The van der Waals surface area contributed by atoms with Gasteiger partial charge in [0.15, 0.2) is 0 Å². The Morgan fingerprint density at radius 2 is 1.93 bits per heavy atom. The standard InChI is InChI=1S/C11H11N3S/c1-15-9-7-13-11(12)14-10(9)8-5-3-2-4-6-8/h2-7H,1H3,(H2,12,13,14). The second-order valence-corrected chi connectivity index (χ2v) is 3.86. The molecule has 0 amide bonds. The molecule has 15 heavy (non-hydrogen) atoms. The fraction of sp³-hybridized carbons (Fsp3) is 0.0909. The van der Waals surface area contributed by atoms with Gasteiger partial charge < -0.3 is 5.73 Å². The first-order chi connectivity index (χ1) is 7.31. The summed E-state index contributed by atoms with van der Waals surface area (Å²) in [5.41, 5.74) is 7.55. The highest BCUT2D eigenvalue weighted by Crippen LogP contribution is 2.27. The number of rotatable bonds is 2. The summed E-state index contributed by atoms with van der Waals surface area (Å²) in [5, 5.41) is 0. The summed E-state index contributed by atoms with van der Waals surface area (Å²) in [6.45, 7) is 0. The zero-order chi connectivity index (χ0) is 10.7. The van der Waals surface area contributed by atoms with Crippen LogP contribution in [0.25, 0.3) is 11.3 Å². The molecule has 1 heterocycles. The van der Waals surface area contributed by atoms with Crippen molar-refractivity contribution in [1.29, 1.82) is 0 Å². The molecule has 1 aromatic carbocycles. The third kappa shape index (κ3) is 2.10. The molecule has 2 aromatic rings. The van der Waals surface area contributed by atoms with E-state index in [0.717, 1.165) is 16.2 Å².